The molecule has 21 heavy (non-hydrogen) atoms. The van der Waals surface area contributed by atoms with Crippen LogP contribution in [0.1, 0.15) is 58.3 Å². The number of rotatable bonds is 7. The second-order valence-corrected chi connectivity index (χ2v) is 7.46. The second-order valence-electron chi connectivity index (χ2n) is 7.46. The minimum Gasteiger partial charge on any atom is -0.312 e. The molecular formula is C18H37N3. The molecule has 0 radical (unpaired) electrons. The zero-order valence-electron chi connectivity index (χ0n) is 14.6. The first-order valence-corrected chi connectivity index (χ1v) is 9.33. The quantitative estimate of drug-likeness (QED) is 0.779. The van der Waals surface area contributed by atoms with E-state index in [1.807, 2.05) is 0 Å². The Morgan fingerprint density at radius 2 is 1.90 bits per heavy atom. The van der Waals surface area contributed by atoms with E-state index in [-0.39, 0.29) is 0 Å². The van der Waals surface area contributed by atoms with Crippen LogP contribution in [-0.2, 0) is 0 Å². The van der Waals surface area contributed by atoms with E-state index < -0.39 is 0 Å². The van der Waals surface area contributed by atoms with Gasteiger partial charge in [-0.05, 0) is 65.2 Å². The molecule has 1 saturated carbocycles. The van der Waals surface area contributed by atoms with E-state index in [2.05, 4.69) is 36.1 Å². The summed E-state index contributed by atoms with van der Waals surface area (Å²) in [5.41, 5.74) is 0. The number of nitrogens with one attached hydrogen (secondary N) is 1. The van der Waals surface area contributed by atoms with E-state index in [0.717, 1.165) is 12.0 Å². The monoisotopic (exact) mass is 295 g/mol. The third-order valence-corrected chi connectivity index (χ3v) is 5.58. The highest BCUT2D eigenvalue weighted by atomic mass is 15.2. The smallest absolute Gasteiger partial charge is 0.0223 e. The van der Waals surface area contributed by atoms with Crippen LogP contribution in [0.5, 0.6) is 0 Å². The van der Waals surface area contributed by atoms with Crippen LogP contribution in [0, 0.1) is 5.92 Å². The molecule has 2 unspecified atom stereocenters. The van der Waals surface area contributed by atoms with Crippen molar-refractivity contribution in [2.45, 2.75) is 70.4 Å². The average molecular weight is 296 g/mol. The summed E-state index contributed by atoms with van der Waals surface area (Å²) in [5, 5.41) is 3.87. The summed E-state index contributed by atoms with van der Waals surface area (Å²) in [7, 11) is 4.63. The van der Waals surface area contributed by atoms with Gasteiger partial charge in [0.2, 0.25) is 0 Å². The molecule has 2 atom stereocenters. The van der Waals surface area contributed by atoms with Crippen LogP contribution in [0.3, 0.4) is 0 Å². The molecule has 0 amide bonds. The second kappa shape index (κ2) is 9.12. The maximum Gasteiger partial charge on any atom is 0.0223 e. The summed E-state index contributed by atoms with van der Waals surface area (Å²) in [6.07, 6.45) is 11.2. The molecule has 0 aromatic carbocycles. The van der Waals surface area contributed by atoms with Gasteiger partial charge in [0.05, 0.1) is 0 Å². The Morgan fingerprint density at radius 1 is 1.14 bits per heavy atom. The number of nitrogens with zero attached hydrogens (tertiary/aromatic N) is 2. The molecule has 124 valence electrons. The lowest BCUT2D eigenvalue weighted by molar-refractivity contribution is 0.110. The number of likely N-dealkylation sites (N-methyl/N-ethyl adjacent to an activating group) is 2. The molecule has 3 heteroatoms. The van der Waals surface area contributed by atoms with Gasteiger partial charge < -0.3 is 15.1 Å². The molecular weight excluding hydrogens is 258 g/mol. The fraction of sp³-hybridized carbons (Fsp3) is 1.00. The fourth-order valence-electron chi connectivity index (χ4n) is 4.20. The highest BCUT2D eigenvalue weighted by molar-refractivity contribution is 4.85. The van der Waals surface area contributed by atoms with Crippen molar-refractivity contribution >= 4 is 0 Å². The first kappa shape index (κ1) is 17.2. The van der Waals surface area contributed by atoms with Crippen molar-refractivity contribution < 1.29 is 0 Å². The summed E-state index contributed by atoms with van der Waals surface area (Å²) >= 11 is 0. The third kappa shape index (κ3) is 5.54. The largest absolute Gasteiger partial charge is 0.312 e. The Labute approximate surface area is 132 Å². The summed E-state index contributed by atoms with van der Waals surface area (Å²) < 4.78 is 0. The lowest BCUT2D eigenvalue weighted by atomic mass is 9.83. The summed E-state index contributed by atoms with van der Waals surface area (Å²) in [6, 6.07) is 1.47. The van der Waals surface area contributed by atoms with Crippen LogP contribution in [-0.4, -0.2) is 62.2 Å². The molecule has 1 saturated heterocycles. The highest BCUT2D eigenvalue weighted by Crippen LogP contribution is 2.27. The van der Waals surface area contributed by atoms with Crippen molar-refractivity contribution in [3.8, 4) is 0 Å². The van der Waals surface area contributed by atoms with Crippen molar-refractivity contribution in [3.63, 3.8) is 0 Å². The SMILES string of the molecule is CCCNC(CN(C)C1CCCN(C)C1)C1CCCCC1. The van der Waals surface area contributed by atoms with Crippen molar-refractivity contribution in [2.24, 2.45) is 5.92 Å². The van der Waals surface area contributed by atoms with Gasteiger partial charge in [0, 0.05) is 25.2 Å². The van der Waals surface area contributed by atoms with E-state index in [9.17, 15) is 0 Å². The minimum atomic E-state index is 0.711. The molecule has 1 aliphatic heterocycles. The van der Waals surface area contributed by atoms with Crippen LogP contribution < -0.4 is 5.32 Å². The van der Waals surface area contributed by atoms with Gasteiger partial charge in [-0.25, -0.2) is 0 Å². The van der Waals surface area contributed by atoms with E-state index in [1.54, 1.807) is 0 Å². The van der Waals surface area contributed by atoms with Crippen LogP contribution in [0.25, 0.3) is 0 Å². The van der Waals surface area contributed by atoms with Crippen molar-refractivity contribution in [1.29, 1.82) is 0 Å². The van der Waals surface area contributed by atoms with Crippen molar-refractivity contribution in [3.05, 3.63) is 0 Å². The fourth-order valence-corrected chi connectivity index (χ4v) is 4.20. The molecule has 1 aliphatic carbocycles. The molecule has 1 heterocycles. The van der Waals surface area contributed by atoms with Gasteiger partial charge in [0.1, 0.15) is 0 Å². The van der Waals surface area contributed by atoms with E-state index >= 15 is 0 Å². The number of hydrogen-bond acceptors (Lipinski definition) is 3. The Balaban J connectivity index is 1.86. The average Bonchev–Trinajstić information content (AvgIpc) is 2.52. The number of hydrogen-bond donors (Lipinski definition) is 1. The lowest BCUT2D eigenvalue weighted by Gasteiger charge is -2.40. The van der Waals surface area contributed by atoms with Gasteiger partial charge in [-0.3, -0.25) is 0 Å². The third-order valence-electron chi connectivity index (χ3n) is 5.58. The molecule has 1 N–H and O–H groups in total. The predicted molar refractivity (Wildman–Crippen MR) is 91.8 cm³/mol. The number of likely N-dealkylation sites (tertiary alicyclic amines) is 1. The lowest BCUT2D eigenvalue weighted by Crippen LogP contribution is -2.51. The van der Waals surface area contributed by atoms with Crippen LogP contribution in [0.4, 0.5) is 0 Å². The molecule has 0 spiro atoms. The molecule has 2 aliphatic rings. The molecule has 3 nitrogen and oxygen atoms in total. The zero-order valence-corrected chi connectivity index (χ0v) is 14.6. The summed E-state index contributed by atoms with van der Waals surface area (Å²) in [4.78, 5) is 5.15. The Morgan fingerprint density at radius 3 is 2.57 bits per heavy atom. The van der Waals surface area contributed by atoms with Crippen molar-refractivity contribution in [1.82, 2.24) is 15.1 Å². The van der Waals surface area contributed by atoms with Crippen LogP contribution in [0.2, 0.25) is 0 Å². The molecule has 0 aromatic rings. The van der Waals surface area contributed by atoms with E-state index in [4.69, 9.17) is 0 Å². The standard InChI is InChI=1S/C18H37N3/c1-4-12-19-18(16-9-6-5-7-10-16)15-21(3)17-11-8-13-20(2)14-17/h16-19H,4-15H2,1-3H3. The van der Waals surface area contributed by atoms with Crippen LogP contribution >= 0.6 is 0 Å². The first-order valence-electron chi connectivity index (χ1n) is 9.33. The Hall–Kier alpha value is -0.120. The molecule has 2 rings (SSSR count). The maximum atomic E-state index is 3.87. The normalized spacial score (nSPS) is 27.1. The van der Waals surface area contributed by atoms with Gasteiger partial charge in [-0.1, -0.05) is 26.2 Å². The molecule has 0 aromatic heterocycles. The summed E-state index contributed by atoms with van der Waals surface area (Å²) in [6.45, 7) is 7.24. The first-order chi connectivity index (χ1) is 10.2. The van der Waals surface area contributed by atoms with Gasteiger partial charge in [-0.2, -0.15) is 0 Å². The van der Waals surface area contributed by atoms with Gasteiger partial charge in [0.25, 0.3) is 0 Å². The Bertz CT molecular complexity index is 276. The molecule has 0 bridgehead atoms. The van der Waals surface area contributed by atoms with Crippen LogP contribution in [0.15, 0.2) is 0 Å². The van der Waals surface area contributed by atoms with E-state index in [1.165, 1.54) is 77.5 Å². The predicted octanol–water partition coefficient (Wildman–Crippen LogP) is 2.96. The highest BCUT2D eigenvalue weighted by Gasteiger charge is 2.27. The van der Waals surface area contributed by atoms with E-state index in [0.29, 0.717) is 6.04 Å². The van der Waals surface area contributed by atoms with Crippen molar-refractivity contribution in [2.75, 3.05) is 40.3 Å². The minimum absolute atomic E-state index is 0.711. The topological polar surface area (TPSA) is 18.5 Å². The zero-order chi connectivity index (χ0) is 15.1. The van der Waals surface area contributed by atoms with Gasteiger partial charge in [-0.15, -0.1) is 0 Å². The Kier molecular flexibility index (Phi) is 7.48. The van der Waals surface area contributed by atoms with Gasteiger partial charge in [0.15, 0.2) is 0 Å². The summed E-state index contributed by atoms with van der Waals surface area (Å²) in [5.74, 6) is 0.911. The molecule has 2 fully saturated rings. The maximum absolute atomic E-state index is 3.87. The van der Waals surface area contributed by atoms with Gasteiger partial charge >= 0.3 is 0 Å². The number of piperidine rings is 1.